The lowest BCUT2D eigenvalue weighted by atomic mass is 10.0. The highest BCUT2D eigenvalue weighted by Crippen LogP contribution is 2.22. The first-order valence-corrected chi connectivity index (χ1v) is 7.95. The van der Waals surface area contributed by atoms with Gasteiger partial charge in [-0.05, 0) is 60.9 Å². The van der Waals surface area contributed by atoms with Gasteiger partial charge < -0.3 is 9.64 Å². The fraction of sp³-hybridized carbons (Fsp3) is 0.467. The van der Waals surface area contributed by atoms with Gasteiger partial charge in [0, 0.05) is 10.1 Å². The Morgan fingerprint density at radius 2 is 2.10 bits per heavy atom. The number of carbonyl (C=O) groups is 2. The normalized spacial score (nSPS) is 18.7. The summed E-state index contributed by atoms with van der Waals surface area (Å²) in [4.78, 5) is 26.3. The molecule has 1 aliphatic rings. The number of halogens is 1. The molecule has 0 aliphatic carbocycles. The van der Waals surface area contributed by atoms with Gasteiger partial charge in [0.05, 0.1) is 12.2 Å². The second-order valence-electron chi connectivity index (χ2n) is 4.74. The van der Waals surface area contributed by atoms with Crippen molar-refractivity contribution < 1.29 is 14.3 Å². The second kappa shape index (κ2) is 7.06. The van der Waals surface area contributed by atoms with Gasteiger partial charge in [-0.15, -0.1) is 0 Å². The van der Waals surface area contributed by atoms with Gasteiger partial charge in [-0.25, -0.2) is 4.79 Å². The number of carbonyl (C=O) groups excluding carboxylic acids is 2. The van der Waals surface area contributed by atoms with E-state index < -0.39 is 6.04 Å². The van der Waals surface area contributed by atoms with Gasteiger partial charge in [0.1, 0.15) is 6.04 Å². The van der Waals surface area contributed by atoms with Crippen LogP contribution in [-0.2, 0) is 9.53 Å². The number of amides is 1. The number of likely N-dealkylation sites (tertiary alicyclic amines) is 1. The summed E-state index contributed by atoms with van der Waals surface area (Å²) in [6.07, 6.45) is 2.58. The molecule has 2 rings (SSSR count). The maximum atomic E-state index is 12.7. The van der Waals surface area contributed by atoms with E-state index in [2.05, 4.69) is 22.6 Å². The largest absolute Gasteiger partial charge is 0.464 e. The summed E-state index contributed by atoms with van der Waals surface area (Å²) in [5, 5.41) is 0. The topological polar surface area (TPSA) is 46.6 Å². The van der Waals surface area contributed by atoms with Crippen LogP contribution in [0.2, 0.25) is 0 Å². The van der Waals surface area contributed by atoms with Crippen LogP contribution >= 0.6 is 22.6 Å². The molecule has 0 saturated carbocycles. The van der Waals surface area contributed by atoms with E-state index in [0.29, 0.717) is 25.1 Å². The number of esters is 1. The van der Waals surface area contributed by atoms with Crippen LogP contribution in [0, 0.1) is 3.57 Å². The van der Waals surface area contributed by atoms with E-state index in [4.69, 9.17) is 4.74 Å². The third kappa shape index (κ3) is 3.31. The quantitative estimate of drug-likeness (QED) is 0.592. The molecule has 1 fully saturated rings. The van der Waals surface area contributed by atoms with Gasteiger partial charge in [0.2, 0.25) is 0 Å². The van der Waals surface area contributed by atoms with E-state index in [-0.39, 0.29) is 11.9 Å². The standard InChI is InChI=1S/C15H18INO3/c1-2-20-15(19)13-9-5-6-10-17(13)14(18)11-7-3-4-8-12(11)16/h3-4,7-8,13H,2,5-6,9-10H2,1H3. The maximum Gasteiger partial charge on any atom is 0.328 e. The van der Waals surface area contributed by atoms with E-state index in [1.165, 1.54) is 0 Å². The SMILES string of the molecule is CCOC(=O)C1CCCCN1C(=O)c1ccccc1I. The molecular formula is C15H18INO3. The number of ether oxygens (including phenoxy) is 1. The lowest BCUT2D eigenvalue weighted by Crippen LogP contribution is -2.48. The second-order valence-corrected chi connectivity index (χ2v) is 5.90. The van der Waals surface area contributed by atoms with E-state index in [0.717, 1.165) is 16.4 Å². The molecule has 0 bridgehead atoms. The Kier molecular flexibility index (Phi) is 5.39. The fourth-order valence-electron chi connectivity index (χ4n) is 2.45. The molecule has 1 atom stereocenters. The molecule has 1 amide bonds. The first-order valence-electron chi connectivity index (χ1n) is 6.87. The smallest absolute Gasteiger partial charge is 0.328 e. The van der Waals surface area contributed by atoms with E-state index in [9.17, 15) is 9.59 Å². The van der Waals surface area contributed by atoms with Gasteiger partial charge in [0.15, 0.2) is 0 Å². The Morgan fingerprint density at radius 1 is 1.35 bits per heavy atom. The molecular weight excluding hydrogens is 369 g/mol. The van der Waals surface area contributed by atoms with E-state index >= 15 is 0 Å². The van der Waals surface area contributed by atoms with Crippen LogP contribution in [0.3, 0.4) is 0 Å². The molecule has 5 heteroatoms. The minimum atomic E-state index is -0.438. The average molecular weight is 387 g/mol. The van der Waals surface area contributed by atoms with Crippen molar-refractivity contribution in [3.05, 3.63) is 33.4 Å². The molecule has 0 aromatic heterocycles. The van der Waals surface area contributed by atoms with Crippen LogP contribution < -0.4 is 0 Å². The molecule has 20 heavy (non-hydrogen) atoms. The Hall–Kier alpha value is -1.11. The third-order valence-corrected chi connectivity index (χ3v) is 4.37. The van der Waals surface area contributed by atoms with Crippen molar-refractivity contribution in [3.8, 4) is 0 Å². The lowest BCUT2D eigenvalue weighted by Gasteiger charge is -2.34. The lowest BCUT2D eigenvalue weighted by molar-refractivity contribution is -0.149. The van der Waals surface area contributed by atoms with Gasteiger partial charge >= 0.3 is 5.97 Å². The van der Waals surface area contributed by atoms with Crippen LogP contribution in [0.5, 0.6) is 0 Å². The van der Waals surface area contributed by atoms with Crippen molar-refractivity contribution >= 4 is 34.5 Å². The van der Waals surface area contributed by atoms with Crippen LogP contribution in [0.15, 0.2) is 24.3 Å². The van der Waals surface area contributed by atoms with Crippen molar-refractivity contribution in [1.82, 2.24) is 4.90 Å². The number of nitrogens with zero attached hydrogens (tertiary/aromatic N) is 1. The average Bonchev–Trinajstić information content (AvgIpc) is 2.47. The summed E-state index contributed by atoms with van der Waals surface area (Å²) in [6.45, 7) is 2.75. The number of benzene rings is 1. The zero-order valence-electron chi connectivity index (χ0n) is 11.5. The third-order valence-electron chi connectivity index (χ3n) is 3.43. The molecule has 1 unspecified atom stereocenters. The molecule has 0 radical (unpaired) electrons. The van der Waals surface area contributed by atoms with E-state index in [1.807, 2.05) is 18.2 Å². The van der Waals surface area contributed by atoms with Crippen molar-refractivity contribution in [2.45, 2.75) is 32.2 Å². The summed E-state index contributed by atoms with van der Waals surface area (Å²) in [5.41, 5.74) is 0.657. The highest BCUT2D eigenvalue weighted by atomic mass is 127. The van der Waals surface area contributed by atoms with Crippen molar-refractivity contribution in [2.75, 3.05) is 13.2 Å². The Morgan fingerprint density at radius 3 is 2.80 bits per heavy atom. The minimum absolute atomic E-state index is 0.0762. The fourth-order valence-corrected chi connectivity index (χ4v) is 3.07. The molecule has 1 saturated heterocycles. The zero-order chi connectivity index (χ0) is 14.5. The minimum Gasteiger partial charge on any atom is -0.464 e. The van der Waals surface area contributed by atoms with Crippen molar-refractivity contribution in [2.24, 2.45) is 0 Å². The van der Waals surface area contributed by atoms with Crippen LogP contribution in [0.25, 0.3) is 0 Å². The zero-order valence-corrected chi connectivity index (χ0v) is 13.6. The molecule has 1 aromatic carbocycles. The molecule has 1 heterocycles. The molecule has 1 aromatic rings. The maximum absolute atomic E-state index is 12.7. The molecule has 0 N–H and O–H groups in total. The summed E-state index contributed by atoms with van der Waals surface area (Å²) in [7, 11) is 0. The van der Waals surface area contributed by atoms with Gasteiger partial charge in [-0.2, -0.15) is 0 Å². The molecule has 4 nitrogen and oxygen atoms in total. The number of rotatable bonds is 3. The summed E-state index contributed by atoms with van der Waals surface area (Å²) in [6, 6.07) is 7.01. The van der Waals surface area contributed by atoms with Gasteiger partial charge in [-0.1, -0.05) is 12.1 Å². The summed E-state index contributed by atoms with van der Waals surface area (Å²) in [5.74, 6) is -0.362. The summed E-state index contributed by atoms with van der Waals surface area (Å²) >= 11 is 2.15. The van der Waals surface area contributed by atoms with Crippen LogP contribution in [0.1, 0.15) is 36.5 Å². The first-order chi connectivity index (χ1) is 9.65. The number of hydrogen-bond acceptors (Lipinski definition) is 3. The Balaban J connectivity index is 2.22. The molecule has 1 aliphatic heterocycles. The Bertz CT molecular complexity index is 504. The Labute approximate surface area is 132 Å². The predicted octanol–water partition coefficient (Wildman–Crippen LogP) is 2.85. The predicted molar refractivity (Wildman–Crippen MR) is 84.5 cm³/mol. The van der Waals surface area contributed by atoms with Crippen molar-refractivity contribution in [1.29, 1.82) is 0 Å². The first kappa shape index (κ1) is 15.3. The number of hydrogen-bond donors (Lipinski definition) is 0. The monoisotopic (exact) mass is 387 g/mol. The summed E-state index contributed by atoms with van der Waals surface area (Å²) < 4.78 is 6.00. The van der Waals surface area contributed by atoms with Gasteiger partial charge in [-0.3, -0.25) is 4.79 Å². The van der Waals surface area contributed by atoms with Crippen LogP contribution in [0.4, 0.5) is 0 Å². The van der Waals surface area contributed by atoms with E-state index in [1.54, 1.807) is 17.9 Å². The van der Waals surface area contributed by atoms with Crippen molar-refractivity contribution in [3.63, 3.8) is 0 Å². The molecule has 108 valence electrons. The highest BCUT2D eigenvalue weighted by molar-refractivity contribution is 14.1. The molecule has 0 spiro atoms. The van der Waals surface area contributed by atoms with Gasteiger partial charge in [0.25, 0.3) is 5.91 Å². The van der Waals surface area contributed by atoms with Crippen LogP contribution in [-0.4, -0.2) is 36.0 Å². The highest BCUT2D eigenvalue weighted by Gasteiger charge is 2.34. The number of piperidine rings is 1.